The smallest absolute Gasteiger partial charge is 0.225 e. The van der Waals surface area contributed by atoms with Gasteiger partial charge in [0.1, 0.15) is 11.5 Å². The van der Waals surface area contributed by atoms with Crippen LogP contribution in [0.5, 0.6) is 11.5 Å². The largest absolute Gasteiger partial charge is 0.465 e. The Bertz CT molecular complexity index is 942. The van der Waals surface area contributed by atoms with E-state index in [2.05, 4.69) is 4.99 Å². The molecule has 0 bridgehead atoms. The number of para-hydroxylation sites is 2. The maximum Gasteiger partial charge on any atom is 0.225 e. The zero-order valence-corrected chi connectivity index (χ0v) is 15.8. The van der Waals surface area contributed by atoms with Gasteiger partial charge in [-0.1, -0.05) is 54.1 Å². The van der Waals surface area contributed by atoms with Crippen LogP contribution in [0.4, 0.5) is 5.69 Å². The number of nitrogens with zero attached hydrogens (tertiary/aromatic N) is 1. The SMILES string of the molecule is CC(=C\Oc1ccc(C)cc1)/C(=N/c1ccccc1)Oc1ccccc1C. The summed E-state index contributed by atoms with van der Waals surface area (Å²) in [5, 5.41) is 0. The lowest BCUT2D eigenvalue weighted by Gasteiger charge is -2.12. The number of hydrogen-bond acceptors (Lipinski definition) is 3. The molecule has 0 N–H and O–H groups in total. The minimum absolute atomic E-state index is 0.502. The van der Waals surface area contributed by atoms with Gasteiger partial charge < -0.3 is 9.47 Å². The number of ether oxygens (including phenoxy) is 2. The first-order valence-electron chi connectivity index (χ1n) is 8.89. The van der Waals surface area contributed by atoms with Crippen molar-refractivity contribution < 1.29 is 9.47 Å². The van der Waals surface area contributed by atoms with Crippen LogP contribution in [0.3, 0.4) is 0 Å². The molecule has 0 spiro atoms. The number of hydrogen-bond donors (Lipinski definition) is 0. The van der Waals surface area contributed by atoms with Crippen LogP contribution in [0.1, 0.15) is 18.1 Å². The standard InChI is InChI=1S/C24H23NO2/c1-18-13-15-22(16-14-18)26-17-20(3)24(25-21-10-5-4-6-11-21)27-23-12-8-7-9-19(23)2/h4-17H,1-3H3/b20-17+,25-24-. The van der Waals surface area contributed by atoms with Gasteiger partial charge in [0.05, 0.1) is 11.9 Å². The summed E-state index contributed by atoms with van der Waals surface area (Å²) in [5.74, 6) is 2.05. The molecule has 27 heavy (non-hydrogen) atoms. The van der Waals surface area contributed by atoms with E-state index >= 15 is 0 Å². The second-order valence-corrected chi connectivity index (χ2v) is 6.35. The molecule has 3 aromatic rings. The van der Waals surface area contributed by atoms with Crippen molar-refractivity contribution >= 4 is 11.6 Å². The van der Waals surface area contributed by atoms with E-state index < -0.39 is 0 Å². The third-order valence-electron chi connectivity index (χ3n) is 4.02. The van der Waals surface area contributed by atoms with Gasteiger partial charge in [-0.3, -0.25) is 0 Å². The monoisotopic (exact) mass is 357 g/mol. The van der Waals surface area contributed by atoms with Gasteiger partial charge >= 0.3 is 0 Å². The highest BCUT2D eigenvalue weighted by atomic mass is 16.5. The van der Waals surface area contributed by atoms with Gasteiger partial charge in [-0.25, -0.2) is 4.99 Å². The predicted octanol–water partition coefficient (Wildman–Crippen LogP) is 6.40. The average Bonchev–Trinajstić information content (AvgIpc) is 2.69. The molecule has 0 atom stereocenters. The molecule has 0 saturated carbocycles. The van der Waals surface area contributed by atoms with Crippen molar-refractivity contribution in [3.63, 3.8) is 0 Å². The highest BCUT2D eigenvalue weighted by molar-refractivity contribution is 5.96. The molecule has 0 aromatic heterocycles. The highest BCUT2D eigenvalue weighted by Gasteiger charge is 2.09. The summed E-state index contributed by atoms with van der Waals surface area (Å²) in [6, 6.07) is 25.5. The molecule has 3 aromatic carbocycles. The van der Waals surface area contributed by atoms with E-state index in [1.807, 2.05) is 99.6 Å². The number of rotatable bonds is 5. The maximum absolute atomic E-state index is 6.12. The van der Waals surface area contributed by atoms with Crippen LogP contribution in [0.25, 0.3) is 0 Å². The average molecular weight is 357 g/mol. The molecule has 3 nitrogen and oxygen atoms in total. The molecule has 136 valence electrons. The summed E-state index contributed by atoms with van der Waals surface area (Å²) in [4.78, 5) is 4.67. The highest BCUT2D eigenvalue weighted by Crippen LogP contribution is 2.21. The van der Waals surface area contributed by atoms with Crippen molar-refractivity contribution in [3.05, 3.63) is 102 Å². The van der Waals surface area contributed by atoms with E-state index in [9.17, 15) is 0 Å². The van der Waals surface area contributed by atoms with Crippen molar-refractivity contribution in [1.82, 2.24) is 0 Å². The van der Waals surface area contributed by atoms with Gasteiger partial charge in [-0.05, 0) is 56.7 Å². The molecular formula is C24H23NO2. The summed E-state index contributed by atoms with van der Waals surface area (Å²) < 4.78 is 11.9. The van der Waals surface area contributed by atoms with Crippen molar-refractivity contribution in [3.8, 4) is 11.5 Å². The second kappa shape index (κ2) is 8.86. The van der Waals surface area contributed by atoms with E-state index in [4.69, 9.17) is 9.47 Å². The molecule has 0 aliphatic heterocycles. The lowest BCUT2D eigenvalue weighted by atomic mass is 10.2. The van der Waals surface area contributed by atoms with Crippen LogP contribution in [0.15, 0.2) is 95.7 Å². The van der Waals surface area contributed by atoms with Gasteiger partial charge in [0.25, 0.3) is 0 Å². The molecule has 0 saturated heterocycles. The molecular weight excluding hydrogens is 334 g/mol. The van der Waals surface area contributed by atoms with E-state index in [0.29, 0.717) is 5.90 Å². The molecule has 0 aliphatic carbocycles. The molecule has 0 fully saturated rings. The Kier molecular flexibility index (Phi) is 6.06. The maximum atomic E-state index is 6.12. The molecule has 3 rings (SSSR count). The van der Waals surface area contributed by atoms with Gasteiger partial charge in [-0.15, -0.1) is 0 Å². The summed E-state index contributed by atoms with van der Waals surface area (Å²) in [7, 11) is 0. The Morgan fingerprint density at radius 3 is 2.19 bits per heavy atom. The number of aliphatic imine (C=N–C) groups is 1. The van der Waals surface area contributed by atoms with E-state index in [-0.39, 0.29) is 0 Å². The summed E-state index contributed by atoms with van der Waals surface area (Å²) in [5.41, 5.74) is 3.86. The Morgan fingerprint density at radius 1 is 0.815 bits per heavy atom. The molecule has 3 heteroatoms. The fraction of sp³-hybridized carbons (Fsp3) is 0.125. The Morgan fingerprint density at radius 2 is 1.48 bits per heavy atom. The Labute approximate surface area is 160 Å². The van der Waals surface area contributed by atoms with Crippen LogP contribution in [0, 0.1) is 13.8 Å². The van der Waals surface area contributed by atoms with Gasteiger partial charge in [0, 0.05) is 5.57 Å². The molecule has 0 aliphatic rings. The molecule has 0 amide bonds. The fourth-order valence-electron chi connectivity index (χ4n) is 2.41. The minimum Gasteiger partial charge on any atom is -0.465 e. The first kappa shape index (κ1) is 18.5. The van der Waals surface area contributed by atoms with Crippen LogP contribution >= 0.6 is 0 Å². The third kappa shape index (κ3) is 5.32. The van der Waals surface area contributed by atoms with Gasteiger partial charge in [0.2, 0.25) is 5.90 Å². The zero-order chi connectivity index (χ0) is 19.1. The Balaban J connectivity index is 1.88. The van der Waals surface area contributed by atoms with Crippen molar-refractivity contribution in [1.29, 1.82) is 0 Å². The van der Waals surface area contributed by atoms with E-state index in [1.165, 1.54) is 5.56 Å². The fourth-order valence-corrected chi connectivity index (χ4v) is 2.41. The second-order valence-electron chi connectivity index (χ2n) is 6.35. The lowest BCUT2D eigenvalue weighted by molar-refractivity contribution is 0.473. The van der Waals surface area contributed by atoms with Crippen LogP contribution in [-0.2, 0) is 0 Å². The van der Waals surface area contributed by atoms with Crippen LogP contribution in [0.2, 0.25) is 0 Å². The van der Waals surface area contributed by atoms with Crippen molar-refractivity contribution in [2.45, 2.75) is 20.8 Å². The summed E-state index contributed by atoms with van der Waals surface area (Å²) in [6.07, 6.45) is 1.67. The topological polar surface area (TPSA) is 30.8 Å². The van der Waals surface area contributed by atoms with Gasteiger partial charge in [0.15, 0.2) is 0 Å². The summed E-state index contributed by atoms with van der Waals surface area (Å²) in [6.45, 7) is 5.98. The van der Waals surface area contributed by atoms with Crippen LogP contribution in [-0.4, -0.2) is 5.90 Å². The molecule has 0 unspecified atom stereocenters. The van der Waals surface area contributed by atoms with Crippen molar-refractivity contribution in [2.75, 3.05) is 0 Å². The normalized spacial score (nSPS) is 12.0. The van der Waals surface area contributed by atoms with E-state index in [1.54, 1.807) is 6.26 Å². The quantitative estimate of drug-likeness (QED) is 0.301. The number of aryl methyl sites for hydroxylation is 2. The first-order chi connectivity index (χ1) is 13.1. The predicted molar refractivity (Wildman–Crippen MR) is 111 cm³/mol. The van der Waals surface area contributed by atoms with Crippen molar-refractivity contribution in [2.24, 2.45) is 4.99 Å². The summed E-state index contributed by atoms with van der Waals surface area (Å²) >= 11 is 0. The number of benzene rings is 3. The molecule has 0 heterocycles. The zero-order valence-electron chi connectivity index (χ0n) is 15.8. The van der Waals surface area contributed by atoms with E-state index in [0.717, 1.165) is 28.3 Å². The first-order valence-corrected chi connectivity index (χ1v) is 8.89. The molecule has 0 radical (unpaired) electrons. The Hall–Kier alpha value is -3.33. The van der Waals surface area contributed by atoms with Gasteiger partial charge in [-0.2, -0.15) is 0 Å². The lowest BCUT2D eigenvalue weighted by Crippen LogP contribution is -2.11. The minimum atomic E-state index is 0.502. The third-order valence-corrected chi connectivity index (χ3v) is 4.02. The van der Waals surface area contributed by atoms with Crippen LogP contribution < -0.4 is 9.47 Å².